The van der Waals surface area contributed by atoms with Crippen LogP contribution in [-0.2, 0) is 7.05 Å². The summed E-state index contributed by atoms with van der Waals surface area (Å²) in [5.74, 6) is 0.589. The first-order chi connectivity index (χ1) is 7.35. The fourth-order valence-electron chi connectivity index (χ4n) is 1.71. The number of aromatic nitrogens is 2. The molecule has 0 fully saturated rings. The molecule has 0 aromatic carbocycles. The van der Waals surface area contributed by atoms with E-state index < -0.39 is 11.5 Å². The minimum Gasteiger partial charge on any atom is -0.481 e. The van der Waals surface area contributed by atoms with Gasteiger partial charge in [-0.2, -0.15) is 5.10 Å². The van der Waals surface area contributed by atoms with E-state index in [0.29, 0.717) is 12.4 Å². The van der Waals surface area contributed by atoms with Crippen molar-refractivity contribution in [2.45, 2.75) is 26.9 Å². The number of nitrogens with zero attached hydrogens (tertiary/aromatic N) is 2. The van der Waals surface area contributed by atoms with E-state index in [4.69, 9.17) is 10.5 Å². The van der Waals surface area contributed by atoms with Gasteiger partial charge in [0.2, 0.25) is 5.88 Å². The minimum absolute atomic E-state index is 0.394. The van der Waals surface area contributed by atoms with Gasteiger partial charge in [0, 0.05) is 19.0 Å². The van der Waals surface area contributed by atoms with Crippen LogP contribution >= 0.6 is 0 Å². The Hall–Kier alpha value is -1.07. The monoisotopic (exact) mass is 227 g/mol. The van der Waals surface area contributed by atoms with E-state index in [1.165, 1.54) is 0 Å². The molecule has 16 heavy (non-hydrogen) atoms. The number of nitrogens with two attached hydrogens (primary N) is 1. The Labute approximate surface area is 96.2 Å². The van der Waals surface area contributed by atoms with E-state index in [9.17, 15) is 5.11 Å². The Bertz CT molecular complexity index is 372. The van der Waals surface area contributed by atoms with Crippen molar-refractivity contribution in [1.82, 2.24) is 9.78 Å². The smallest absolute Gasteiger partial charge is 0.217 e. The molecule has 0 saturated heterocycles. The first-order valence-corrected chi connectivity index (χ1v) is 5.30. The summed E-state index contributed by atoms with van der Waals surface area (Å²) in [5, 5.41) is 14.6. The van der Waals surface area contributed by atoms with Crippen LogP contribution in [0.25, 0.3) is 0 Å². The first kappa shape index (κ1) is 13.0. The normalized spacial score (nSPS) is 13.9. The first-order valence-electron chi connectivity index (χ1n) is 5.30. The highest BCUT2D eigenvalue weighted by atomic mass is 16.5. The van der Waals surface area contributed by atoms with Crippen LogP contribution in [0, 0.1) is 12.3 Å². The largest absolute Gasteiger partial charge is 0.481 e. The number of hydrogen-bond donors (Lipinski definition) is 2. The van der Waals surface area contributed by atoms with Gasteiger partial charge in [0.05, 0.1) is 24.5 Å². The van der Waals surface area contributed by atoms with Gasteiger partial charge in [0.1, 0.15) is 0 Å². The molecule has 3 N–H and O–H groups in total. The number of hydrogen-bond acceptors (Lipinski definition) is 4. The third kappa shape index (κ3) is 2.05. The molecule has 0 spiro atoms. The van der Waals surface area contributed by atoms with Crippen molar-refractivity contribution in [3.8, 4) is 5.88 Å². The number of methoxy groups -OCH3 is 1. The Morgan fingerprint density at radius 1 is 1.56 bits per heavy atom. The van der Waals surface area contributed by atoms with E-state index in [-0.39, 0.29) is 0 Å². The molecule has 1 unspecified atom stereocenters. The van der Waals surface area contributed by atoms with E-state index in [2.05, 4.69) is 5.10 Å². The summed E-state index contributed by atoms with van der Waals surface area (Å²) in [6.07, 6.45) is -0.679. The number of aryl methyl sites for hydroxylation is 2. The molecule has 0 amide bonds. The Morgan fingerprint density at radius 2 is 2.12 bits per heavy atom. The molecule has 1 aromatic heterocycles. The quantitative estimate of drug-likeness (QED) is 0.796. The maximum atomic E-state index is 10.3. The summed E-state index contributed by atoms with van der Waals surface area (Å²) in [6, 6.07) is 0. The molecule has 0 saturated carbocycles. The molecule has 5 heteroatoms. The van der Waals surface area contributed by atoms with Crippen molar-refractivity contribution >= 4 is 0 Å². The summed E-state index contributed by atoms with van der Waals surface area (Å²) in [6.45, 7) is 6.09. The van der Waals surface area contributed by atoms with Crippen LogP contribution in [0.2, 0.25) is 0 Å². The summed E-state index contributed by atoms with van der Waals surface area (Å²) in [4.78, 5) is 0. The second-order valence-corrected chi connectivity index (χ2v) is 4.73. The highest BCUT2D eigenvalue weighted by Crippen LogP contribution is 2.38. The molecule has 0 radical (unpaired) electrons. The fourth-order valence-corrected chi connectivity index (χ4v) is 1.71. The molecular weight excluding hydrogens is 206 g/mol. The van der Waals surface area contributed by atoms with Gasteiger partial charge in [-0.3, -0.25) is 0 Å². The summed E-state index contributed by atoms with van der Waals surface area (Å²) in [7, 11) is 3.36. The average Bonchev–Trinajstić information content (AvgIpc) is 2.51. The van der Waals surface area contributed by atoms with Crippen molar-refractivity contribution in [1.29, 1.82) is 0 Å². The third-order valence-electron chi connectivity index (χ3n) is 2.95. The molecule has 0 aliphatic heterocycles. The molecule has 1 heterocycles. The van der Waals surface area contributed by atoms with Gasteiger partial charge in [-0.1, -0.05) is 13.8 Å². The lowest BCUT2D eigenvalue weighted by molar-refractivity contribution is 0.0526. The number of aliphatic hydroxyl groups excluding tert-OH is 1. The lowest BCUT2D eigenvalue weighted by Crippen LogP contribution is -2.31. The SMILES string of the molecule is COc1c(C(O)C(C)(C)CN)c(C)nn1C. The van der Waals surface area contributed by atoms with E-state index >= 15 is 0 Å². The lowest BCUT2D eigenvalue weighted by atomic mass is 9.83. The topological polar surface area (TPSA) is 73.3 Å². The molecule has 1 atom stereocenters. The Morgan fingerprint density at radius 3 is 2.56 bits per heavy atom. The van der Waals surface area contributed by atoms with Gasteiger partial charge in [0.25, 0.3) is 0 Å². The lowest BCUT2D eigenvalue weighted by Gasteiger charge is -2.29. The standard InChI is InChI=1S/C11H21N3O2/c1-7-8(9(15)11(2,3)6-12)10(16-5)14(4)13-7/h9,15H,6,12H2,1-5H3. The van der Waals surface area contributed by atoms with Crippen molar-refractivity contribution in [3.05, 3.63) is 11.3 Å². The van der Waals surface area contributed by atoms with Crippen LogP contribution in [0.1, 0.15) is 31.2 Å². The van der Waals surface area contributed by atoms with Gasteiger partial charge in [-0.25, -0.2) is 4.68 Å². The zero-order valence-electron chi connectivity index (χ0n) is 10.6. The third-order valence-corrected chi connectivity index (χ3v) is 2.95. The second kappa shape index (κ2) is 4.43. The van der Waals surface area contributed by atoms with Crippen LogP contribution in [0.5, 0.6) is 5.88 Å². The Balaban J connectivity index is 3.22. The fraction of sp³-hybridized carbons (Fsp3) is 0.727. The molecule has 5 nitrogen and oxygen atoms in total. The number of aliphatic hydroxyl groups is 1. The van der Waals surface area contributed by atoms with Crippen LogP contribution in [-0.4, -0.2) is 28.5 Å². The molecule has 1 aromatic rings. The minimum atomic E-state index is -0.679. The summed E-state index contributed by atoms with van der Waals surface area (Å²) >= 11 is 0. The van der Waals surface area contributed by atoms with Crippen LogP contribution in [0.15, 0.2) is 0 Å². The Kier molecular flexibility index (Phi) is 3.60. The highest BCUT2D eigenvalue weighted by molar-refractivity contribution is 5.34. The number of ether oxygens (including phenoxy) is 1. The maximum Gasteiger partial charge on any atom is 0.217 e. The van der Waals surface area contributed by atoms with Gasteiger partial charge in [-0.15, -0.1) is 0 Å². The van der Waals surface area contributed by atoms with Gasteiger partial charge in [0.15, 0.2) is 0 Å². The van der Waals surface area contributed by atoms with Gasteiger partial charge >= 0.3 is 0 Å². The molecule has 0 aliphatic rings. The van der Waals surface area contributed by atoms with Crippen molar-refractivity contribution in [2.24, 2.45) is 18.2 Å². The predicted molar refractivity (Wildman–Crippen MR) is 62.3 cm³/mol. The maximum absolute atomic E-state index is 10.3. The van der Waals surface area contributed by atoms with Crippen LogP contribution < -0.4 is 10.5 Å². The van der Waals surface area contributed by atoms with E-state index in [0.717, 1.165) is 11.3 Å². The molecule has 0 aliphatic carbocycles. The zero-order valence-corrected chi connectivity index (χ0v) is 10.6. The second-order valence-electron chi connectivity index (χ2n) is 4.73. The summed E-state index contributed by atoms with van der Waals surface area (Å²) < 4.78 is 6.88. The molecular formula is C11H21N3O2. The van der Waals surface area contributed by atoms with E-state index in [1.54, 1.807) is 18.8 Å². The summed E-state index contributed by atoms with van der Waals surface area (Å²) in [5.41, 5.74) is 6.76. The molecule has 92 valence electrons. The highest BCUT2D eigenvalue weighted by Gasteiger charge is 2.33. The molecule has 1 rings (SSSR count). The van der Waals surface area contributed by atoms with Gasteiger partial charge in [-0.05, 0) is 6.92 Å². The predicted octanol–water partition coefficient (Wildman–Crippen LogP) is 0.755. The van der Waals surface area contributed by atoms with E-state index in [1.807, 2.05) is 20.8 Å². The molecule has 0 bridgehead atoms. The van der Waals surface area contributed by atoms with Crippen molar-refractivity contribution < 1.29 is 9.84 Å². The average molecular weight is 227 g/mol. The van der Waals surface area contributed by atoms with Crippen molar-refractivity contribution in [2.75, 3.05) is 13.7 Å². The van der Waals surface area contributed by atoms with Crippen LogP contribution in [0.4, 0.5) is 0 Å². The van der Waals surface area contributed by atoms with Gasteiger partial charge < -0.3 is 15.6 Å². The zero-order chi connectivity index (χ0) is 12.5. The number of rotatable bonds is 4. The van der Waals surface area contributed by atoms with Crippen LogP contribution in [0.3, 0.4) is 0 Å². The van der Waals surface area contributed by atoms with Crippen molar-refractivity contribution in [3.63, 3.8) is 0 Å².